The molecule has 2 aromatic heterocycles. The topological polar surface area (TPSA) is 13.1 Å². The standard InChI is InChI=1S/C56H32OS/c1-3-15-36-33(12-1)14-11-23-41(36)52-42-19-7-9-21-44(42)53(45-22-10-8-20-43(45)52)46-27-26-37(39-17-5-6-18-40(39)46)35-24-29-49-48(32-35)55-50(57-49)30-28-47-54-38-16-4-2-13-34(38)25-31-51(54)58-56(47)55/h1-32H. The van der Waals surface area contributed by atoms with Gasteiger partial charge in [-0.15, -0.1) is 11.3 Å². The van der Waals surface area contributed by atoms with E-state index >= 15 is 0 Å². The number of furan rings is 1. The molecule has 2 heteroatoms. The molecule has 0 saturated carbocycles. The van der Waals surface area contributed by atoms with Gasteiger partial charge < -0.3 is 4.42 Å². The van der Waals surface area contributed by atoms with E-state index in [4.69, 9.17) is 4.42 Å². The van der Waals surface area contributed by atoms with Crippen molar-refractivity contribution in [1.29, 1.82) is 0 Å². The van der Waals surface area contributed by atoms with Crippen molar-refractivity contribution in [2.24, 2.45) is 0 Å². The minimum Gasteiger partial charge on any atom is -0.456 e. The number of rotatable bonds is 3. The Morgan fingerprint density at radius 2 is 0.845 bits per heavy atom. The van der Waals surface area contributed by atoms with Crippen LogP contribution in [-0.2, 0) is 0 Å². The van der Waals surface area contributed by atoms with Crippen molar-refractivity contribution in [2.45, 2.75) is 0 Å². The van der Waals surface area contributed by atoms with E-state index in [1.54, 1.807) is 0 Å². The number of fused-ring (bicyclic) bond motifs is 13. The normalized spacial score (nSPS) is 12.1. The summed E-state index contributed by atoms with van der Waals surface area (Å²) in [5.41, 5.74) is 9.31. The van der Waals surface area contributed by atoms with E-state index in [1.165, 1.54) is 113 Å². The second kappa shape index (κ2) is 12.1. The van der Waals surface area contributed by atoms with Gasteiger partial charge >= 0.3 is 0 Å². The van der Waals surface area contributed by atoms with Crippen molar-refractivity contribution in [3.05, 3.63) is 194 Å². The van der Waals surface area contributed by atoms with Crippen molar-refractivity contribution in [1.82, 2.24) is 0 Å². The van der Waals surface area contributed by atoms with E-state index in [0.29, 0.717) is 0 Å². The van der Waals surface area contributed by atoms with Gasteiger partial charge in [-0.1, -0.05) is 164 Å². The maximum Gasteiger partial charge on any atom is 0.136 e. The quantitative estimate of drug-likeness (QED) is 0.164. The summed E-state index contributed by atoms with van der Waals surface area (Å²) < 4.78 is 9.14. The zero-order chi connectivity index (χ0) is 37.9. The van der Waals surface area contributed by atoms with E-state index in [0.717, 1.165) is 16.6 Å². The SMILES string of the molecule is c1ccc2c(-c3c4ccccc4c(-c4ccc(-c5ccc6oc7ccc8c(sc9ccc%10ccccc%10c98)c7c6c5)c5ccccc45)c4ccccc34)cccc2c1. The smallest absolute Gasteiger partial charge is 0.136 e. The molecule has 0 unspecified atom stereocenters. The monoisotopic (exact) mass is 752 g/mol. The minimum atomic E-state index is 0.915. The van der Waals surface area contributed by atoms with Gasteiger partial charge in [-0.25, -0.2) is 0 Å². The van der Waals surface area contributed by atoms with Crippen LogP contribution in [0.5, 0.6) is 0 Å². The lowest BCUT2D eigenvalue weighted by Gasteiger charge is -2.20. The van der Waals surface area contributed by atoms with Crippen LogP contribution in [0.1, 0.15) is 0 Å². The summed E-state index contributed by atoms with van der Waals surface area (Å²) in [6.45, 7) is 0. The Balaban J connectivity index is 1.05. The molecule has 268 valence electrons. The largest absolute Gasteiger partial charge is 0.456 e. The Kier molecular flexibility index (Phi) is 6.66. The molecular formula is C56H32OS. The van der Waals surface area contributed by atoms with Crippen molar-refractivity contribution < 1.29 is 4.42 Å². The average Bonchev–Trinajstić information content (AvgIpc) is 3.86. The predicted molar refractivity (Wildman–Crippen MR) is 250 cm³/mol. The molecule has 0 N–H and O–H groups in total. The Morgan fingerprint density at radius 3 is 1.55 bits per heavy atom. The molecule has 13 aromatic rings. The molecule has 58 heavy (non-hydrogen) atoms. The summed E-state index contributed by atoms with van der Waals surface area (Å²) >= 11 is 1.87. The highest BCUT2D eigenvalue weighted by atomic mass is 32.1. The minimum absolute atomic E-state index is 0.915. The number of benzene rings is 11. The lowest BCUT2D eigenvalue weighted by Crippen LogP contribution is -1.93. The first kappa shape index (κ1) is 31.9. The molecule has 11 aromatic carbocycles. The van der Waals surface area contributed by atoms with Crippen molar-refractivity contribution in [3.63, 3.8) is 0 Å². The number of hydrogen-bond acceptors (Lipinski definition) is 2. The van der Waals surface area contributed by atoms with Gasteiger partial charge in [-0.05, 0) is 118 Å². The Morgan fingerprint density at radius 1 is 0.310 bits per heavy atom. The van der Waals surface area contributed by atoms with Crippen molar-refractivity contribution in [2.75, 3.05) is 0 Å². The van der Waals surface area contributed by atoms with E-state index in [-0.39, 0.29) is 0 Å². The lowest BCUT2D eigenvalue weighted by molar-refractivity contribution is 0.669. The zero-order valence-corrected chi connectivity index (χ0v) is 32.1. The fourth-order valence-corrected chi connectivity index (χ4v) is 11.2. The van der Waals surface area contributed by atoms with Gasteiger partial charge in [-0.2, -0.15) is 0 Å². The van der Waals surface area contributed by atoms with Crippen LogP contribution in [0.15, 0.2) is 199 Å². The van der Waals surface area contributed by atoms with Gasteiger partial charge in [0, 0.05) is 30.9 Å². The second-order valence-corrected chi connectivity index (χ2v) is 16.5. The third kappa shape index (κ3) is 4.46. The van der Waals surface area contributed by atoms with Crippen LogP contribution in [0, 0.1) is 0 Å². The van der Waals surface area contributed by atoms with Crippen LogP contribution in [0.4, 0.5) is 0 Å². The highest BCUT2D eigenvalue weighted by molar-refractivity contribution is 7.27. The van der Waals surface area contributed by atoms with Gasteiger partial charge in [0.1, 0.15) is 11.2 Å². The highest BCUT2D eigenvalue weighted by Gasteiger charge is 2.21. The first-order valence-electron chi connectivity index (χ1n) is 19.9. The average molecular weight is 753 g/mol. The van der Waals surface area contributed by atoms with Crippen molar-refractivity contribution in [3.8, 4) is 33.4 Å². The molecule has 1 nitrogen and oxygen atoms in total. The van der Waals surface area contributed by atoms with E-state index in [9.17, 15) is 0 Å². The molecule has 13 rings (SSSR count). The molecule has 0 saturated heterocycles. The van der Waals surface area contributed by atoms with E-state index < -0.39 is 0 Å². The van der Waals surface area contributed by atoms with Crippen LogP contribution in [0.3, 0.4) is 0 Å². The fourth-order valence-electron chi connectivity index (χ4n) is 9.95. The molecule has 0 radical (unpaired) electrons. The first-order chi connectivity index (χ1) is 28.8. The summed E-state index contributed by atoms with van der Waals surface area (Å²) in [7, 11) is 0. The van der Waals surface area contributed by atoms with Gasteiger partial charge in [-0.3, -0.25) is 0 Å². The molecule has 0 atom stereocenters. The van der Waals surface area contributed by atoms with Gasteiger partial charge in [0.25, 0.3) is 0 Å². The molecular weight excluding hydrogens is 721 g/mol. The fraction of sp³-hybridized carbons (Fsp3) is 0. The summed E-state index contributed by atoms with van der Waals surface area (Å²) in [6.07, 6.45) is 0. The molecule has 0 fully saturated rings. The Labute approximate surface area is 337 Å². The maximum atomic E-state index is 6.55. The molecule has 0 aliphatic carbocycles. The van der Waals surface area contributed by atoms with Crippen LogP contribution in [0.25, 0.3) is 129 Å². The summed E-state index contributed by atoms with van der Waals surface area (Å²) in [4.78, 5) is 0. The molecule has 0 aliphatic heterocycles. The van der Waals surface area contributed by atoms with Crippen LogP contribution >= 0.6 is 11.3 Å². The first-order valence-corrected chi connectivity index (χ1v) is 20.7. The van der Waals surface area contributed by atoms with Gasteiger partial charge in [0.15, 0.2) is 0 Å². The Bertz CT molecular complexity index is 3800. The molecule has 0 amide bonds. The van der Waals surface area contributed by atoms with Crippen LogP contribution in [-0.4, -0.2) is 0 Å². The molecule has 0 spiro atoms. The van der Waals surface area contributed by atoms with E-state index in [2.05, 4.69) is 194 Å². The predicted octanol–water partition coefficient (Wildman–Crippen LogP) is 16.7. The van der Waals surface area contributed by atoms with Crippen molar-refractivity contribution >= 4 is 107 Å². The maximum absolute atomic E-state index is 6.55. The highest BCUT2D eigenvalue weighted by Crippen LogP contribution is 2.49. The molecule has 0 aliphatic rings. The zero-order valence-electron chi connectivity index (χ0n) is 31.3. The third-order valence-electron chi connectivity index (χ3n) is 12.5. The van der Waals surface area contributed by atoms with Crippen LogP contribution < -0.4 is 0 Å². The number of hydrogen-bond donors (Lipinski definition) is 0. The molecule has 0 bridgehead atoms. The number of thiophene rings is 1. The van der Waals surface area contributed by atoms with E-state index in [1.807, 2.05) is 11.3 Å². The van der Waals surface area contributed by atoms with Gasteiger partial charge in [0.05, 0.1) is 0 Å². The summed E-state index contributed by atoms with van der Waals surface area (Å²) in [5, 5.41) is 17.6. The summed E-state index contributed by atoms with van der Waals surface area (Å²) in [5.74, 6) is 0. The Hall–Kier alpha value is -7.26. The molecule has 2 heterocycles. The van der Waals surface area contributed by atoms with Crippen LogP contribution in [0.2, 0.25) is 0 Å². The second-order valence-electron chi connectivity index (χ2n) is 15.5. The summed E-state index contributed by atoms with van der Waals surface area (Å²) in [6, 6.07) is 71.4. The van der Waals surface area contributed by atoms with Gasteiger partial charge in [0.2, 0.25) is 0 Å². The third-order valence-corrected chi connectivity index (χ3v) is 13.6. The lowest BCUT2D eigenvalue weighted by atomic mass is 9.83.